The van der Waals surface area contributed by atoms with Crippen molar-refractivity contribution in [2.45, 2.75) is 71.3 Å². The van der Waals surface area contributed by atoms with Gasteiger partial charge in [0, 0.05) is 29.1 Å². The Morgan fingerprint density at radius 3 is 2.29 bits per heavy atom. The van der Waals surface area contributed by atoms with E-state index in [1.54, 1.807) is 6.33 Å². The summed E-state index contributed by atoms with van der Waals surface area (Å²) in [7, 11) is 0. The van der Waals surface area contributed by atoms with Gasteiger partial charge in [0.2, 0.25) is 5.91 Å². The maximum atomic E-state index is 13.1. The van der Waals surface area contributed by atoms with Crippen LogP contribution in [0.5, 0.6) is 0 Å². The molecule has 130 valence electrons. The lowest BCUT2D eigenvalue weighted by atomic mass is 9.49. The molecular weight excluding hydrogens is 298 g/mol. The van der Waals surface area contributed by atoms with E-state index >= 15 is 0 Å². The third kappa shape index (κ3) is 2.74. The van der Waals surface area contributed by atoms with Crippen molar-refractivity contribution in [2.24, 2.45) is 23.2 Å². The predicted molar refractivity (Wildman–Crippen MR) is 93.2 cm³/mol. The van der Waals surface area contributed by atoms with Crippen LogP contribution < -0.4 is 5.32 Å². The Morgan fingerprint density at radius 2 is 1.75 bits per heavy atom. The molecule has 4 aliphatic carbocycles. The SMILES string of the molecule is CC(C)(C)c1ncncc1CNC(=O)C12CC3CC(CC(C3)C1)C2. The van der Waals surface area contributed by atoms with E-state index in [2.05, 4.69) is 36.1 Å². The van der Waals surface area contributed by atoms with Gasteiger partial charge in [-0.15, -0.1) is 0 Å². The molecule has 24 heavy (non-hydrogen) atoms. The molecule has 0 unspecified atom stereocenters. The van der Waals surface area contributed by atoms with Crippen LogP contribution in [0, 0.1) is 23.2 Å². The summed E-state index contributed by atoms with van der Waals surface area (Å²) in [5, 5.41) is 3.25. The van der Waals surface area contributed by atoms with E-state index in [9.17, 15) is 4.79 Å². The Hall–Kier alpha value is -1.45. The lowest BCUT2D eigenvalue weighted by Gasteiger charge is -2.55. The molecular formula is C20H29N3O. The number of hydrogen-bond donors (Lipinski definition) is 1. The van der Waals surface area contributed by atoms with Gasteiger partial charge in [-0.1, -0.05) is 20.8 Å². The van der Waals surface area contributed by atoms with Crippen LogP contribution >= 0.6 is 0 Å². The molecule has 5 rings (SSSR count). The predicted octanol–water partition coefficient (Wildman–Crippen LogP) is 3.61. The van der Waals surface area contributed by atoms with Crippen molar-refractivity contribution < 1.29 is 4.79 Å². The number of nitrogens with zero attached hydrogens (tertiary/aromatic N) is 2. The normalized spacial score (nSPS) is 34.4. The van der Waals surface area contributed by atoms with E-state index in [4.69, 9.17) is 0 Å². The fraction of sp³-hybridized carbons (Fsp3) is 0.750. The second-order valence-corrected chi connectivity index (χ2v) is 9.53. The van der Waals surface area contributed by atoms with Crippen molar-refractivity contribution in [1.82, 2.24) is 15.3 Å². The summed E-state index contributed by atoms with van der Waals surface area (Å²) in [6.45, 7) is 7.01. The zero-order valence-electron chi connectivity index (χ0n) is 15.1. The second-order valence-electron chi connectivity index (χ2n) is 9.53. The average Bonchev–Trinajstić information content (AvgIpc) is 2.50. The van der Waals surface area contributed by atoms with Crippen LogP contribution in [0.1, 0.15) is 70.6 Å². The maximum absolute atomic E-state index is 13.1. The number of rotatable bonds is 3. The van der Waals surface area contributed by atoms with Crippen LogP contribution in [0.3, 0.4) is 0 Å². The molecule has 0 saturated heterocycles. The van der Waals surface area contributed by atoms with Crippen molar-refractivity contribution in [3.8, 4) is 0 Å². The Kier molecular flexibility index (Phi) is 3.70. The number of carbonyl (C=O) groups excluding carboxylic acids is 1. The molecule has 1 amide bonds. The highest BCUT2D eigenvalue weighted by molar-refractivity contribution is 5.83. The molecule has 1 aromatic heterocycles. The third-order valence-electron chi connectivity index (χ3n) is 6.46. The topological polar surface area (TPSA) is 54.9 Å². The van der Waals surface area contributed by atoms with E-state index < -0.39 is 0 Å². The molecule has 4 bridgehead atoms. The van der Waals surface area contributed by atoms with Crippen molar-refractivity contribution in [1.29, 1.82) is 0 Å². The van der Waals surface area contributed by atoms with Gasteiger partial charge in [0.25, 0.3) is 0 Å². The summed E-state index contributed by atoms with van der Waals surface area (Å²) >= 11 is 0. The zero-order valence-corrected chi connectivity index (χ0v) is 15.1. The van der Waals surface area contributed by atoms with Gasteiger partial charge >= 0.3 is 0 Å². The van der Waals surface area contributed by atoms with E-state index in [1.165, 1.54) is 19.3 Å². The highest BCUT2D eigenvalue weighted by atomic mass is 16.2. The van der Waals surface area contributed by atoms with Gasteiger partial charge in [-0.2, -0.15) is 0 Å². The first-order chi connectivity index (χ1) is 11.4. The molecule has 0 aromatic carbocycles. The molecule has 0 aliphatic heterocycles. The molecule has 1 N–H and O–H groups in total. The molecule has 1 aromatic rings. The van der Waals surface area contributed by atoms with Crippen molar-refractivity contribution in [3.05, 3.63) is 23.8 Å². The quantitative estimate of drug-likeness (QED) is 0.923. The number of hydrogen-bond acceptors (Lipinski definition) is 3. The van der Waals surface area contributed by atoms with Gasteiger partial charge in [0.15, 0.2) is 0 Å². The van der Waals surface area contributed by atoms with Crippen molar-refractivity contribution >= 4 is 5.91 Å². The molecule has 0 atom stereocenters. The van der Waals surface area contributed by atoms with Crippen molar-refractivity contribution in [3.63, 3.8) is 0 Å². The Labute approximate surface area is 144 Å². The second kappa shape index (κ2) is 5.53. The summed E-state index contributed by atoms with van der Waals surface area (Å²) in [6.07, 6.45) is 10.9. The zero-order chi connectivity index (χ0) is 16.9. The lowest BCUT2D eigenvalue weighted by molar-refractivity contribution is -0.146. The average molecular weight is 327 g/mol. The molecule has 1 heterocycles. The Bertz CT molecular complexity index is 611. The first-order valence-electron chi connectivity index (χ1n) is 9.43. The molecule has 4 aliphatic rings. The van der Waals surface area contributed by atoms with Gasteiger partial charge in [-0.3, -0.25) is 4.79 Å². The summed E-state index contributed by atoms with van der Waals surface area (Å²) in [6, 6.07) is 0. The molecule has 4 fully saturated rings. The van der Waals surface area contributed by atoms with E-state index in [0.29, 0.717) is 6.54 Å². The summed E-state index contributed by atoms with van der Waals surface area (Å²) in [5.41, 5.74) is 1.96. The fourth-order valence-corrected chi connectivity index (χ4v) is 5.91. The largest absolute Gasteiger partial charge is 0.351 e. The van der Waals surface area contributed by atoms with E-state index in [-0.39, 0.29) is 16.7 Å². The van der Waals surface area contributed by atoms with Crippen LogP contribution in [0.15, 0.2) is 12.5 Å². The smallest absolute Gasteiger partial charge is 0.226 e. The molecule has 0 radical (unpaired) electrons. The van der Waals surface area contributed by atoms with Gasteiger partial charge in [0.05, 0.1) is 5.69 Å². The van der Waals surface area contributed by atoms with Crippen LogP contribution in [-0.4, -0.2) is 15.9 Å². The van der Waals surface area contributed by atoms with Crippen LogP contribution in [0.2, 0.25) is 0 Å². The van der Waals surface area contributed by atoms with E-state index in [1.807, 2.05) is 6.20 Å². The van der Waals surface area contributed by atoms with Crippen LogP contribution in [-0.2, 0) is 16.8 Å². The summed E-state index contributed by atoms with van der Waals surface area (Å²) in [4.78, 5) is 21.7. The number of amides is 1. The first-order valence-corrected chi connectivity index (χ1v) is 9.43. The van der Waals surface area contributed by atoms with Crippen LogP contribution in [0.25, 0.3) is 0 Å². The standard InChI is InChI=1S/C20H29N3O/c1-19(2,3)17-16(10-21-12-23-17)11-22-18(24)20-7-13-4-14(8-20)6-15(5-13)9-20/h10,12-15H,4-9,11H2,1-3H3,(H,22,24). The minimum absolute atomic E-state index is 0.0380. The Morgan fingerprint density at radius 1 is 1.17 bits per heavy atom. The minimum atomic E-state index is -0.0771. The molecule has 4 saturated carbocycles. The van der Waals surface area contributed by atoms with Gasteiger partial charge in [-0.05, 0) is 56.3 Å². The third-order valence-corrected chi connectivity index (χ3v) is 6.46. The van der Waals surface area contributed by atoms with Crippen molar-refractivity contribution in [2.75, 3.05) is 0 Å². The maximum Gasteiger partial charge on any atom is 0.226 e. The molecule has 4 nitrogen and oxygen atoms in total. The van der Waals surface area contributed by atoms with E-state index in [0.717, 1.165) is 48.3 Å². The number of carbonyl (C=O) groups is 1. The lowest BCUT2D eigenvalue weighted by Crippen LogP contribution is -2.53. The highest BCUT2D eigenvalue weighted by Gasteiger charge is 2.54. The van der Waals surface area contributed by atoms with Gasteiger partial charge in [0.1, 0.15) is 6.33 Å². The number of nitrogens with one attached hydrogen (secondary N) is 1. The monoisotopic (exact) mass is 327 g/mol. The summed E-state index contributed by atoms with van der Waals surface area (Å²) < 4.78 is 0. The first kappa shape index (κ1) is 16.0. The Balaban J connectivity index is 1.48. The summed E-state index contributed by atoms with van der Waals surface area (Å²) in [5.74, 6) is 2.68. The highest BCUT2D eigenvalue weighted by Crippen LogP contribution is 2.60. The van der Waals surface area contributed by atoms with Crippen LogP contribution in [0.4, 0.5) is 0 Å². The molecule has 0 spiro atoms. The molecule has 4 heteroatoms. The fourth-order valence-electron chi connectivity index (χ4n) is 5.91. The van der Waals surface area contributed by atoms with Gasteiger partial charge < -0.3 is 5.32 Å². The minimum Gasteiger partial charge on any atom is -0.351 e. The number of aromatic nitrogens is 2. The van der Waals surface area contributed by atoms with Gasteiger partial charge in [-0.25, -0.2) is 9.97 Å².